The van der Waals surface area contributed by atoms with Crippen molar-refractivity contribution in [3.8, 4) is 17.1 Å². The number of rotatable bonds is 5. The highest BCUT2D eigenvalue weighted by molar-refractivity contribution is 8.00. The number of esters is 1. The maximum absolute atomic E-state index is 11.9. The molecule has 0 aliphatic carbocycles. The summed E-state index contributed by atoms with van der Waals surface area (Å²) in [4.78, 5) is 11.9. The molecule has 3 aromatic rings. The first kappa shape index (κ1) is 20.1. The first-order valence-electron chi connectivity index (χ1n) is 9.17. The van der Waals surface area contributed by atoms with Gasteiger partial charge >= 0.3 is 5.97 Å². The molecule has 0 aliphatic rings. The number of nitrogens with zero attached hydrogens (tertiary/aromatic N) is 3. The van der Waals surface area contributed by atoms with Gasteiger partial charge in [0.1, 0.15) is 5.25 Å². The van der Waals surface area contributed by atoms with E-state index in [-0.39, 0.29) is 16.6 Å². The third-order valence-electron chi connectivity index (χ3n) is 4.47. The van der Waals surface area contributed by atoms with E-state index in [0.717, 1.165) is 17.1 Å². The number of aromatic nitrogens is 3. The van der Waals surface area contributed by atoms with Crippen LogP contribution in [-0.4, -0.2) is 33.1 Å². The SMILES string of the molecule is COC(=O)C(C)Sc1nnc(-c2ccc(C(C)(C)C)cc2)n1-c1ccccc1. The van der Waals surface area contributed by atoms with Crippen LogP contribution < -0.4 is 0 Å². The number of benzene rings is 2. The lowest BCUT2D eigenvalue weighted by molar-refractivity contribution is -0.139. The van der Waals surface area contributed by atoms with E-state index < -0.39 is 0 Å². The molecule has 0 saturated carbocycles. The van der Waals surface area contributed by atoms with Gasteiger partial charge in [0.2, 0.25) is 0 Å². The van der Waals surface area contributed by atoms with Crippen molar-refractivity contribution >= 4 is 17.7 Å². The summed E-state index contributed by atoms with van der Waals surface area (Å²) in [5.41, 5.74) is 3.27. The number of para-hydroxylation sites is 1. The largest absolute Gasteiger partial charge is 0.468 e. The molecule has 0 amide bonds. The molecule has 1 aromatic heterocycles. The Morgan fingerprint density at radius 3 is 2.25 bits per heavy atom. The minimum absolute atomic E-state index is 0.0859. The molecule has 0 fully saturated rings. The monoisotopic (exact) mass is 395 g/mol. The van der Waals surface area contributed by atoms with Crippen LogP contribution in [0, 0.1) is 0 Å². The number of hydrogen-bond donors (Lipinski definition) is 0. The van der Waals surface area contributed by atoms with Gasteiger partial charge in [0.15, 0.2) is 11.0 Å². The summed E-state index contributed by atoms with van der Waals surface area (Å²) in [6.07, 6.45) is 0. The van der Waals surface area contributed by atoms with Crippen LogP contribution in [0.3, 0.4) is 0 Å². The Balaban J connectivity index is 2.05. The van der Waals surface area contributed by atoms with E-state index in [0.29, 0.717) is 5.16 Å². The highest BCUT2D eigenvalue weighted by Crippen LogP contribution is 2.31. The zero-order valence-electron chi connectivity index (χ0n) is 16.8. The summed E-state index contributed by atoms with van der Waals surface area (Å²) in [6.45, 7) is 8.38. The van der Waals surface area contributed by atoms with Crippen molar-refractivity contribution in [2.24, 2.45) is 0 Å². The second-order valence-corrected chi connectivity index (χ2v) is 8.90. The fourth-order valence-corrected chi connectivity index (χ4v) is 3.73. The maximum atomic E-state index is 11.9. The van der Waals surface area contributed by atoms with Crippen LogP contribution in [0.15, 0.2) is 59.8 Å². The van der Waals surface area contributed by atoms with Crippen LogP contribution in [0.25, 0.3) is 17.1 Å². The summed E-state index contributed by atoms with van der Waals surface area (Å²) in [5.74, 6) is 0.454. The van der Waals surface area contributed by atoms with Gasteiger partial charge in [-0.1, -0.05) is 75.0 Å². The Morgan fingerprint density at radius 1 is 1.04 bits per heavy atom. The Hall–Kier alpha value is -2.60. The highest BCUT2D eigenvalue weighted by atomic mass is 32.2. The van der Waals surface area contributed by atoms with Gasteiger partial charge < -0.3 is 4.74 Å². The summed E-state index contributed by atoms with van der Waals surface area (Å²) in [7, 11) is 1.39. The Labute approximate surface area is 170 Å². The second kappa shape index (κ2) is 8.19. The van der Waals surface area contributed by atoms with E-state index in [9.17, 15) is 4.79 Å². The molecule has 0 spiro atoms. The standard InChI is InChI=1S/C22H25N3O2S/c1-15(20(26)27-5)28-21-24-23-19(25(21)18-9-7-6-8-10-18)16-11-13-17(14-12-16)22(2,3)4/h6-15H,1-5H3. The molecule has 1 unspecified atom stereocenters. The molecule has 0 radical (unpaired) electrons. The van der Waals surface area contributed by atoms with Gasteiger partial charge in [-0.15, -0.1) is 10.2 Å². The fraction of sp³-hybridized carbons (Fsp3) is 0.318. The van der Waals surface area contributed by atoms with E-state index in [4.69, 9.17) is 4.74 Å². The van der Waals surface area contributed by atoms with Crippen LogP contribution in [0.4, 0.5) is 0 Å². The van der Waals surface area contributed by atoms with Crippen molar-refractivity contribution in [2.45, 2.75) is 43.5 Å². The molecular weight excluding hydrogens is 370 g/mol. The number of carbonyl (C=O) groups excluding carboxylic acids is 1. The molecule has 0 bridgehead atoms. The Morgan fingerprint density at radius 2 is 1.68 bits per heavy atom. The fourth-order valence-electron chi connectivity index (χ4n) is 2.83. The average molecular weight is 396 g/mol. The molecule has 1 atom stereocenters. The van der Waals surface area contributed by atoms with E-state index in [1.165, 1.54) is 24.4 Å². The summed E-state index contributed by atoms with van der Waals surface area (Å²) < 4.78 is 6.83. The summed E-state index contributed by atoms with van der Waals surface area (Å²) in [5, 5.41) is 9.07. The summed E-state index contributed by atoms with van der Waals surface area (Å²) in [6, 6.07) is 18.3. The zero-order valence-corrected chi connectivity index (χ0v) is 17.7. The van der Waals surface area contributed by atoms with E-state index >= 15 is 0 Å². The molecule has 0 N–H and O–H groups in total. The second-order valence-electron chi connectivity index (χ2n) is 7.59. The van der Waals surface area contributed by atoms with Crippen molar-refractivity contribution in [1.29, 1.82) is 0 Å². The number of ether oxygens (including phenoxy) is 1. The van der Waals surface area contributed by atoms with E-state index in [1.807, 2.05) is 34.9 Å². The van der Waals surface area contributed by atoms with Crippen molar-refractivity contribution < 1.29 is 9.53 Å². The van der Waals surface area contributed by atoms with Gasteiger partial charge in [-0.3, -0.25) is 9.36 Å². The van der Waals surface area contributed by atoms with Crippen LogP contribution >= 0.6 is 11.8 Å². The molecular formula is C22H25N3O2S. The maximum Gasteiger partial charge on any atom is 0.318 e. The van der Waals surface area contributed by atoms with Crippen molar-refractivity contribution in [1.82, 2.24) is 14.8 Å². The quantitative estimate of drug-likeness (QED) is 0.455. The lowest BCUT2D eigenvalue weighted by Gasteiger charge is -2.19. The number of carbonyl (C=O) groups is 1. The lowest BCUT2D eigenvalue weighted by atomic mass is 9.87. The smallest absolute Gasteiger partial charge is 0.318 e. The number of thioether (sulfide) groups is 1. The van der Waals surface area contributed by atoms with Gasteiger partial charge in [0, 0.05) is 11.3 Å². The molecule has 146 valence electrons. The third-order valence-corrected chi connectivity index (χ3v) is 5.49. The lowest BCUT2D eigenvalue weighted by Crippen LogP contribution is -2.15. The molecule has 28 heavy (non-hydrogen) atoms. The van der Waals surface area contributed by atoms with Gasteiger partial charge in [0.05, 0.1) is 7.11 Å². The highest BCUT2D eigenvalue weighted by Gasteiger charge is 2.22. The minimum atomic E-state index is -0.382. The predicted octanol–water partition coefficient (Wildman–Crippen LogP) is 4.89. The van der Waals surface area contributed by atoms with Gasteiger partial charge in [-0.05, 0) is 30.0 Å². The molecule has 3 rings (SSSR count). The minimum Gasteiger partial charge on any atom is -0.468 e. The van der Waals surface area contributed by atoms with Crippen LogP contribution in [0.1, 0.15) is 33.3 Å². The first-order chi connectivity index (χ1) is 13.3. The zero-order chi connectivity index (χ0) is 20.3. The topological polar surface area (TPSA) is 57.0 Å². The number of methoxy groups -OCH3 is 1. The molecule has 6 heteroatoms. The van der Waals surface area contributed by atoms with Crippen molar-refractivity contribution in [2.75, 3.05) is 7.11 Å². The Kier molecular flexibility index (Phi) is 5.89. The normalized spacial score (nSPS) is 12.6. The van der Waals surface area contributed by atoms with E-state index in [1.54, 1.807) is 6.92 Å². The predicted molar refractivity (Wildman–Crippen MR) is 113 cm³/mol. The van der Waals surface area contributed by atoms with Crippen LogP contribution in [-0.2, 0) is 14.9 Å². The first-order valence-corrected chi connectivity index (χ1v) is 10.1. The van der Waals surface area contributed by atoms with Gasteiger partial charge in [-0.25, -0.2) is 0 Å². The van der Waals surface area contributed by atoms with Crippen LogP contribution in [0.5, 0.6) is 0 Å². The number of hydrogen-bond acceptors (Lipinski definition) is 5. The van der Waals surface area contributed by atoms with Gasteiger partial charge in [0.25, 0.3) is 0 Å². The molecule has 0 saturated heterocycles. The van der Waals surface area contributed by atoms with Gasteiger partial charge in [-0.2, -0.15) is 0 Å². The van der Waals surface area contributed by atoms with E-state index in [2.05, 4.69) is 55.2 Å². The third kappa shape index (κ3) is 4.28. The molecule has 1 heterocycles. The summed E-state index contributed by atoms with van der Waals surface area (Å²) >= 11 is 1.34. The Bertz CT molecular complexity index is 944. The van der Waals surface area contributed by atoms with Crippen molar-refractivity contribution in [3.63, 3.8) is 0 Å². The van der Waals surface area contributed by atoms with Crippen molar-refractivity contribution in [3.05, 3.63) is 60.2 Å². The average Bonchev–Trinajstić information content (AvgIpc) is 3.10. The molecule has 5 nitrogen and oxygen atoms in total. The van der Waals surface area contributed by atoms with Crippen LogP contribution in [0.2, 0.25) is 0 Å². The molecule has 2 aromatic carbocycles. The molecule has 0 aliphatic heterocycles.